The van der Waals surface area contributed by atoms with Crippen LogP contribution in [0.2, 0.25) is 0 Å². The summed E-state index contributed by atoms with van der Waals surface area (Å²) in [5.74, 6) is 1.01. The lowest BCUT2D eigenvalue weighted by Gasteiger charge is -2.30. The van der Waals surface area contributed by atoms with E-state index in [9.17, 15) is 0 Å². The van der Waals surface area contributed by atoms with Crippen molar-refractivity contribution in [3.8, 4) is 11.1 Å². The minimum Gasteiger partial charge on any atom is -0.352 e. The first kappa shape index (κ1) is 12.5. The number of rotatable bonds is 2. The molecule has 0 N–H and O–H groups in total. The molecule has 0 amide bonds. The van der Waals surface area contributed by atoms with Crippen LogP contribution in [0.1, 0.15) is 11.1 Å². The van der Waals surface area contributed by atoms with Crippen LogP contribution in [0, 0.1) is 0 Å². The molecular weight excluding hydrogens is 278 g/mol. The van der Waals surface area contributed by atoms with E-state index < -0.39 is 0 Å². The van der Waals surface area contributed by atoms with Crippen molar-refractivity contribution in [3.63, 3.8) is 0 Å². The molecule has 1 aliphatic rings. The van der Waals surface area contributed by atoms with Crippen LogP contribution >= 0.6 is 11.3 Å². The zero-order valence-electron chi connectivity index (χ0n) is 11.6. The normalized spacial score (nSPS) is 14.0. The summed E-state index contributed by atoms with van der Waals surface area (Å²) in [7, 11) is 0. The summed E-state index contributed by atoms with van der Waals surface area (Å²) < 4.78 is 0. The second-order valence-corrected chi connectivity index (χ2v) is 6.01. The maximum absolute atomic E-state index is 4.35. The summed E-state index contributed by atoms with van der Waals surface area (Å²) in [4.78, 5) is 10.7. The molecule has 3 heterocycles. The van der Waals surface area contributed by atoms with Gasteiger partial charge in [-0.2, -0.15) is 11.3 Å². The Hall–Kier alpha value is -2.20. The zero-order valence-corrected chi connectivity index (χ0v) is 12.4. The molecule has 1 aromatic carbocycles. The Morgan fingerprint density at radius 1 is 1.05 bits per heavy atom. The van der Waals surface area contributed by atoms with Gasteiger partial charge in [0.25, 0.3) is 0 Å². The van der Waals surface area contributed by atoms with Crippen LogP contribution in [0.25, 0.3) is 11.1 Å². The number of hydrogen-bond acceptors (Lipinski definition) is 4. The Morgan fingerprint density at radius 3 is 2.86 bits per heavy atom. The van der Waals surface area contributed by atoms with Crippen molar-refractivity contribution in [1.29, 1.82) is 0 Å². The molecule has 0 saturated carbocycles. The maximum atomic E-state index is 4.35. The van der Waals surface area contributed by atoms with E-state index in [0.717, 1.165) is 25.3 Å². The summed E-state index contributed by atoms with van der Waals surface area (Å²) in [6, 6.07) is 11.0. The van der Waals surface area contributed by atoms with Crippen LogP contribution in [0.4, 0.5) is 5.82 Å². The van der Waals surface area contributed by atoms with Crippen molar-refractivity contribution in [3.05, 3.63) is 64.7 Å². The molecule has 2 aromatic heterocycles. The standard InChI is InChI=1S/C17H15N3S/c1-2-15-10-20(17-3-6-18-12-19-17)7-4-14(15)9-13(1)16-5-8-21-11-16/h1-3,5-6,8-9,11-12H,4,7,10H2. The van der Waals surface area contributed by atoms with Gasteiger partial charge in [0, 0.05) is 19.3 Å². The third-order valence-corrected chi connectivity index (χ3v) is 4.65. The lowest BCUT2D eigenvalue weighted by molar-refractivity contribution is 0.719. The second kappa shape index (κ2) is 5.30. The number of thiophene rings is 1. The van der Waals surface area contributed by atoms with E-state index in [1.165, 1.54) is 22.3 Å². The smallest absolute Gasteiger partial charge is 0.132 e. The van der Waals surface area contributed by atoms with Gasteiger partial charge in [0.15, 0.2) is 0 Å². The first-order chi connectivity index (χ1) is 10.4. The predicted molar refractivity (Wildman–Crippen MR) is 86.5 cm³/mol. The summed E-state index contributed by atoms with van der Waals surface area (Å²) >= 11 is 1.75. The molecule has 0 unspecified atom stereocenters. The Labute approximate surface area is 127 Å². The average molecular weight is 293 g/mol. The van der Waals surface area contributed by atoms with E-state index in [2.05, 4.69) is 49.9 Å². The van der Waals surface area contributed by atoms with Crippen LogP contribution in [-0.2, 0) is 13.0 Å². The average Bonchev–Trinajstić information content (AvgIpc) is 3.09. The number of nitrogens with zero attached hydrogens (tertiary/aromatic N) is 3. The van der Waals surface area contributed by atoms with Crippen LogP contribution in [-0.4, -0.2) is 16.5 Å². The van der Waals surface area contributed by atoms with Gasteiger partial charge in [-0.3, -0.25) is 0 Å². The van der Waals surface area contributed by atoms with Gasteiger partial charge >= 0.3 is 0 Å². The molecule has 3 nitrogen and oxygen atoms in total. The first-order valence-corrected chi connectivity index (χ1v) is 8.00. The van der Waals surface area contributed by atoms with Crippen molar-refractivity contribution in [1.82, 2.24) is 9.97 Å². The number of aromatic nitrogens is 2. The highest BCUT2D eigenvalue weighted by molar-refractivity contribution is 7.08. The monoisotopic (exact) mass is 293 g/mol. The minimum atomic E-state index is 0.927. The fourth-order valence-electron chi connectivity index (χ4n) is 2.83. The highest BCUT2D eigenvalue weighted by atomic mass is 32.1. The van der Waals surface area contributed by atoms with Gasteiger partial charge in [-0.25, -0.2) is 9.97 Å². The van der Waals surface area contributed by atoms with Gasteiger partial charge in [0.05, 0.1) is 0 Å². The number of benzene rings is 1. The van der Waals surface area contributed by atoms with Crippen molar-refractivity contribution < 1.29 is 0 Å². The van der Waals surface area contributed by atoms with Crippen LogP contribution in [0.15, 0.2) is 53.6 Å². The lowest BCUT2D eigenvalue weighted by atomic mass is 9.95. The molecule has 0 atom stereocenters. The van der Waals surface area contributed by atoms with Crippen LogP contribution in [0.5, 0.6) is 0 Å². The number of anilines is 1. The SMILES string of the molecule is c1cc(N2CCc3cc(-c4ccsc4)ccc3C2)ncn1. The molecule has 1 aliphatic heterocycles. The van der Waals surface area contributed by atoms with Crippen molar-refractivity contribution in [2.24, 2.45) is 0 Å². The van der Waals surface area contributed by atoms with Crippen molar-refractivity contribution in [2.75, 3.05) is 11.4 Å². The summed E-state index contributed by atoms with van der Waals surface area (Å²) in [5, 5.41) is 4.34. The quantitative estimate of drug-likeness (QED) is 0.720. The third kappa shape index (κ3) is 2.43. The largest absolute Gasteiger partial charge is 0.352 e. The molecule has 0 fully saturated rings. The Balaban J connectivity index is 1.62. The predicted octanol–water partition coefficient (Wildman–Crippen LogP) is 3.77. The van der Waals surface area contributed by atoms with Gasteiger partial charge in [-0.15, -0.1) is 0 Å². The molecule has 3 aromatic rings. The van der Waals surface area contributed by atoms with Gasteiger partial charge in [-0.05, 0) is 51.6 Å². The van der Waals surface area contributed by atoms with Crippen molar-refractivity contribution >= 4 is 17.2 Å². The lowest BCUT2D eigenvalue weighted by Crippen LogP contribution is -2.30. The highest BCUT2D eigenvalue weighted by Crippen LogP contribution is 2.28. The Kier molecular flexibility index (Phi) is 3.16. The van der Waals surface area contributed by atoms with Crippen LogP contribution in [0.3, 0.4) is 0 Å². The number of fused-ring (bicyclic) bond motifs is 1. The van der Waals surface area contributed by atoms with E-state index in [1.54, 1.807) is 23.9 Å². The van der Waals surface area contributed by atoms with E-state index >= 15 is 0 Å². The molecule has 0 saturated heterocycles. The van der Waals surface area contributed by atoms with Gasteiger partial charge < -0.3 is 4.90 Å². The molecule has 0 spiro atoms. The maximum Gasteiger partial charge on any atom is 0.132 e. The van der Waals surface area contributed by atoms with Gasteiger partial charge in [-0.1, -0.05) is 18.2 Å². The van der Waals surface area contributed by atoms with E-state index in [0.29, 0.717) is 0 Å². The minimum absolute atomic E-state index is 0.927. The highest BCUT2D eigenvalue weighted by Gasteiger charge is 2.17. The zero-order chi connectivity index (χ0) is 14.1. The summed E-state index contributed by atoms with van der Waals surface area (Å²) in [6.07, 6.45) is 4.49. The fourth-order valence-corrected chi connectivity index (χ4v) is 3.49. The molecule has 4 rings (SSSR count). The van der Waals surface area contributed by atoms with Gasteiger partial charge in [0.2, 0.25) is 0 Å². The number of hydrogen-bond donors (Lipinski definition) is 0. The van der Waals surface area contributed by atoms with Crippen LogP contribution < -0.4 is 4.90 Å². The Bertz CT molecular complexity index is 738. The fraction of sp³-hybridized carbons (Fsp3) is 0.176. The van der Waals surface area contributed by atoms with E-state index in [4.69, 9.17) is 0 Å². The molecular formula is C17H15N3S. The Morgan fingerprint density at radius 2 is 2.05 bits per heavy atom. The molecule has 4 heteroatoms. The van der Waals surface area contributed by atoms with Crippen molar-refractivity contribution in [2.45, 2.75) is 13.0 Å². The molecule has 0 aliphatic carbocycles. The molecule has 0 radical (unpaired) electrons. The summed E-state index contributed by atoms with van der Waals surface area (Å²) in [6.45, 7) is 1.94. The topological polar surface area (TPSA) is 29.0 Å². The molecule has 104 valence electrons. The summed E-state index contributed by atoms with van der Waals surface area (Å²) in [5.41, 5.74) is 5.51. The third-order valence-electron chi connectivity index (χ3n) is 3.96. The van der Waals surface area contributed by atoms with E-state index in [-0.39, 0.29) is 0 Å². The first-order valence-electron chi connectivity index (χ1n) is 7.05. The molecule has 0 bridgehead atoms. The van der Waals surface area contributed by atoms with E-state index in [1.807, 2.05) is 6.07 Å². The van der Waals surface area contributed by atoms with Gasteiger partial charge in [0.1, 0.15) is 12.1 Å². The second-order valence-electron chi connectivity index (χ2n) is 5.23. The molecule has 21 heavy (non-hydrogen) atoms.